The molecule has 0 fully saturated rings. The normalized spacial score (nSPS) is 11.8. The lowest BCUT2D eigenvalue weighted by Gasteiger charge is -2.16. The number of aryl methyl sites for hydroxylation is 1. The van der Waals surface area contributed by atoms with Crippen LogP contribution in [0.2, 0.25) is 0 Å². The highest BCUT2D eigenvalue weighted by Gasteiger charge is 2.17. The van der Waals surface area contributed by atoms with Gasteiger partial charge >= 0.3 is 0 Å². The number of aliphatic hydroxyl groups excluding tert-OH is 1. The van der Waals surface area contributed by atoms with Crippen molar-refractivity contribution in [3.05, 3.63) is 65.2 Å². The Hall–Kier alpha value is -2.33. The van der Waals surface area contributed by atoms with Crippen LogP contribution in [0.3, 0.4) is 0 Å². The van der Waals surface area contributed by atoms with Crippen LogP contribution in [0.5, 0.6) is 5.75 Å². The van der Waals surface area contributed by atoms with Crippen LogP contribution in [-0.2, 0) is 11.3 Å². The van der Waals surface area contributed by atoms with Gasteiger partial charge in [-0.15, -0.1) is 0 Å². The number of aliphatic hydroxyl groups is 1. The van der Waals surface area contributed by atoms with E-state index in [0.29, 0.717) is 12.2 Å². The minimum Gasteiger partial charge on any atom is -0.489 e. The molecule has 0 amide bonds. The average molecular weight is 285 g/mol. The van der Waals surface area contributed by atoms with Crippen LogP contribution in [0.15, 0.2) is 48.5 Å². The minimum atomic E-state index is -1.08. The number of benzene rings is 2. The van der Waals surface area contributed by atoms with Gasteiger partial charge in [0.1, 0.15) is 12.4 Å². The number of rotatable bonds is 5. The van der Waals surface area contributed by atoms with Gasteiger partial charge in [-0.25, -0.2) is 0 Å². The largest absolute Gasteiger partial charge is 0.489 e. The number of methoxy groups -OCH3 is 1. The zero-order valence-electron chi connectivity index (χ0n) is 12.2. The molecule has 0 aliphatic carbocycles. The third-order valence-corrected chi connectivity index (χ3v) is 3.20. The van der Waals surface area contributed by atoms with Crippen LogP contribution in [0.25, 0.3) is 0 Å². The molecule has 4 heteroatoms. The average Bonchev–Trinajstić information content (AvgIpc) is 2.52. The van der Waals surface area contributed by atoms with Crippen molar-refractivity contribution in [1.29, 1.82) is 5.41 Å². The molecule has 1 unspecified atom stereocenters. The van der Waals surface area contributed by atoms with Gasteiger partial charge in [-0.05, 0) is 35.7 Å². The highest BCUT2D eigenvalue weighted by Crippen LogP contribution is 2.21. The molecule has 2 N–H and O–H groups in total. The lowest BCUT2D eigenvalue weighted by molar-refractivity contribution is 0.201. The molecule has 0 spiro atoms. The van der Waals surface area contributed by atoms with E-state index < -0.39 is 6.10 Å². The fraction of sp³-hybridized carbons (Fsp3) is 0.235. The summed E-state index contributed by atoms with van der Waals surface area (Å²) >= 11 is 0. The Kier molecular flexibility index (Phi) is 4.95. The number of hydrogen-bond donors (Lipinski definition) is 2. The first-order valence-corrected chi connectivity index (χ1v) is 6.69. The van der Waals surface area contributed by atoms with Crippen molar-refractivity contribution in [1.82, 2.24) is 0 Å². The van der Waals surface area contributed by atoms with E-state index in [0.717, 1.165) is 16.9 Å². The van der Waals surface area contributed by atoms with Gasteiger partial charge in [0, 0.05) is 0 Å². The summed E-state index contributed by atoms with van der Waals surface area (Å²) in [5.41, 5.74) is 2.58. The molecule has 0 saturated carbocycles. The first-order valence-electron chi connectivity index (χ1n) is 6.69. The van der Waals surface area contributed by atoms with E-state index in [1.807, 2.05) is 49.4 Å². The standard InChI is InChI=1S/C17H19NO3/c1-12-6-5-8-14(10-12)21-11-13-7-3-4-9-15(13)16(19)17(18)20-2/h3-10,16,18-19H,11H2,1-2H3. The van der Waals surface area contributed by atoms with Crippen molar-refractivity contribution in [3.8, 4) is 5.75 Å². The quantitative estimate of drug-likeness (QED) is 0.655. The molecule has 4 nitrogen and oxygen atoms in total. The maximum Gasteiger partial charge on any atom is 0.214 e. The Bertz CT molecular complexity index is 625. The molecule has 21 heavy (non-hydrogen) atoms. The molecule has 0 aliphatic rings. The predicted octanol–water partition coefficient (Wildman–Crippen LogP) is 3.23. The number of nitrogens with one attached hydrogen (secondary N) is 1. The topological polar surface area (TPSA) is 62.5 Å². The molecule has 2 aromatic carbocycles. The van der Waals surface area contributed by atoms with Gasteiger partial charge in [-0.2, -0.15) is 0 Å². The summed E-state index contributed by atoms with van der Waals surface area (Å²) in [5, 5.41) is 17.7. The van der Waals surface area contributed by atoms with Gasteiger partial charge in [0.25, 0.3) is 0 Å². The van der Waals surface area contributed by atoms with E-state index in [9.17, 15) is 5.11 Å². The van der Waals surface area contributed by atoms with E-state index in [-0.39, 0.29) is 5.90 Å². The second kappa shape index (κ2) is 6.90. The first-order chi connectivity index (χ1) is 10.1. The minimum absolute atomic E-state index is 0.182. The molecular weight excluding hydrogens is 266 g/mol. The lowest BCUT2D eigenvalue weighted by Crippen LogP contribution is -2.15. The summed E-state index contributed by atoms with van der Waals surface area (Å²) < 4.78 is 10.5. The van der Waals surface area contributed by atoms with Crippen LogP contribution in [0, 0.1) is 12.3 Å². The Balaban J connectivity index is 2.15. The molecule has 2 rings (SSSR count). The van der Waals surface area contributed by atoms with Crippen molar-refractivity contribution in [3.63, 3.8) is 0 Å². The van der Waals surface area contributed by atoms with E-state index in [1.165, 1.54) is 7.11 Å². The first kappa shape index (κ1) is 15.1. The molecule has 0 heterocycles. The smallest absolute Gasteiger partial charge is 0.214 e. The Labute approximate surface area is 124 Å². The molecule has 1 atom stereocenters. The summed E-state index contributed by atoms with van der Waals surface area (Å²) in [5.74, 6) is 0.596. The lowest BCUT2D eigenvalue weighted by atomic mass is 10.0. The highest BCUT2D eigenvalue weighted by molar-refractivity contribution is 5.79. The monoisotopic (exact) mass is 285 g/mol. The van der Waals surface area contributed by atoms with Crippen molar-refractivity contribution in [2.24, 2.45) is 0 Å². The maximum atomic E-state index is 10.1. The van der Waals surface area contributed by atoms with Crippen molar-refractivity contribution >= 4 is 5.90 Å². The van der Waals surface area contributed by atoms with E-state index in [1.54, 1.807) is 6.07 Å². The van der Waals surface area contributed by atoms with Crippen molar-refractivity contribution < 1.29 is 14.6 Å². The van der Waals surface area contributed by atoms with Crippen LogP contribution in [0.1, 0.15) is 22.8 Å². The molecule has 0 aliphatic heterocycles. The molecule has 0 aromatic heterocycles. The molecule has 2 aromatic rings. The Morgan fingerprint density at radius 3 is 2.67 bits per heavy atom. The van der Waals surface area contributed by atoms with Gasteiger partial charge < -0.3 is 14.6 Å². The molecule has 0 saturated heterocycles. The van der Waals surface area contributed by atoms with Crippen LogP contribution in [-0.4, -0.2) is 18.1 Å². The third-order valence-electron chi connectivity index (χ3n) is 3.20. The zero-order valence-corrected chi connectivity index (χ0v) is 12.2. The van der Waals surface area contributed by atoms with E-state index >= 15 is 0 Å². The zero-order chi connectivity index (χ0) is 15.2. The molecule has 0 radical (unpaired) electrons. The van der Waals surface area contributed by atoms with Crippen molar-refractivity contribution in [2.45, 2.75) is 19.6 Å². The van der Waals surface area contributed by atoms with E-state index in [2.05, 4.69) is 0 Å². The van der Waals surface area contributed by atoms with Crippen LogP contribution < -0.4 is 4.74 Å². The fourth-order valence-corrected chi connectivity index (χ4v) is 2.05. The van der Waals surface area contributed by atoms with Gasteiger partial charge in [0.05, 0.1) is 7.11 Å². The highest BCUT2D eigenvalue weighted by atomic mass is 16.5. The summed E-state index contributed by atoms with van der Waals surface area (Å²) in [7, 11) is 1.37. The van der Waals surface area contributed by atoms with Crippen LogP contribution >= 0.6 is 0 Å². The molecule has 0 bridgehead atoms. The van der Waals surface area contributed by atoms with Crippen molar-refractivity contribution in [2.75, 3.05) is 7.11 Å². The molecular formula is C17H19NO3. The summed E-state index contributed by atoms with van der Waals surface area (Å²) in [6.45, 7) is 2.33. The fourth-order valence-electron chi connectivity index (χ4n) is 2.05. The van der Waals surface area contributed by atoms with Crippen LogP contribution in [0.4, 0.5) is 0 Å². The SMILES string of the molecule is COC(=N)C(O)c1ccccc1COc1cccc(C)c1. The maximum absolute atomic E-state index is 10.1. The molecule has 110 valence electrons. The summed E-state index contributed by atoms with van der Waals surface area (Å²) in [6, 6.07) is 15.1. The number of ether oxygens (including phenoxy) is 2. The third kappa shape index (κ3) is 3.83. The second-order valence-corrected chi connectivity index (χ2v) is 4.77. The van der Waals surface area contributed by atoms with E-state index in [4.69, 9.17) is 14.9 Å². The summed E-state index contributed by atoms with van der Waals surface area (Å²) in [6.07, 6.45) is -1.08. The predicted molar refractivity (Wildman–Crippen MR) is 81.6 cm³/mol. The Morgan fingerprint density at radius 2 is 1.95 bits per heavy atom. The summed E-state index contributed by atoms with van der Waals surface area (Å²) in [4.78, 5) is 0. The van der Waals surface area contributed by atoms with Gasteiger partial charge in [0.15, 0.2) is 6.10 Å². The van der Waals surface area contributed by atoms with Gasteiger partial charge in [0.2, 0.25) is 5.90 Å². The van der Waals surface area contributed by atoms with Gasteiger partial charge in [-0.3, -0.25) is 5.41 Å². The second-order valence-electron chi connectivity index (χ2n) is 4.77. The number of hydrogen-bond acceptors (Lipinski definition) is 4. The Morgan fingerprint density at radius 1 is 1.19 bits per heavy atom. The van der Waals surface area contributed by atoms with Gasteiger partial charge in [-0.1, -0.05) is 36.4 Å².